The summed E-state index contributed by atoms with van der Waals surface area (Å²) in [4.78, 5) is 27.8. The number of aliphatic imine (C=N–C) groups is 1. The summed E-state index contributed by atoms with van der Waals surface area (Å²) in [6.45, 7) is 4.33. The van der Waals surface area contributed by atoms with E-state index in [0.717, 1.165) is 27.9 Å². The second kappa shape index (κ2) is 9.70. The fourth-order valence-electron chi connectivity index (χ4n) is 3.31. The first-order chi connectivity index (χ1) is 15.9. The van der Waals surface area contributed by atoms with E-state index in [1.807, 2.05) is 56.3 Å². The van der Waals surface area contributed by atoms with Crippen LogP contribution in [0.2, 0.25) is 0 Å². The molecule has 166 valence electrons. The smallest absolute Gasteiger partial charge is 0.269 e. The van der Waals surface area contributed by atoms with Gasteiger partial charge in [0.2, 0.25) is 0 Å². The Balaban J connectivity index is 1.39. The van der Waals surface area contributed by atoms with Gasteiger partial charge in [0, 0.05) is 12.1 Å². The zero-order chi connectivity index (χ0) is 23.4. The number of aryl methyl sites for hydroxylation is 2. The first-order valence-electron chi connectivity index (χ1n) is 10.2. The van der Waals surface area contributed by atoms with Crippen LogP contribution in [-0.2, 0) is 11.4 Å². The number of nitro groups is 1. The highest BCUT2D eigenvalue weighted by molar-refractivity contribution is 8.18. The van der Waals surface area contributed by atoms with Crippen LogP contribution in [-0.4, -0.2) is 16.0 Å². The highest BCUT2D eigenvalue weighted by atomic mass is 32.2. The first kappa shape index (κ1) is 22.3. The average molecular weight is 460 g/mol. The third-order valence-electron chi connectivity index (χ3n) is 4.82. The van der Waals surface area contributed by atoms with Crippen LogP contribution in [0.5, 0.6) is 5.75 Å². The summed E-state index contributed by atoms with van der Waals surface area (Å²) in [6, 6.07) is 19.7. The lowest BCUT2D eigenvalue weighted by Crippen LogP contribution is -2.19. The monoisotopic (exact) mass is 459 g/mol. The summed E-state index contributed by atoms with van der Waals surface area (Å²) < 4.78 is 5.75. The number of amidine groups is 1. The standard InChI is InChI=1S/C25H21N3O4S/c1-16-11-17(2)13-20(12-16)26-25-27-24(29)23(33-25)14-18-5-9-22(10-6-18)32-15-19-3-7-21(8-4-19)28(30)31/h3-14H,15H2,1-2H3,(H,26,27,29)/b23-14-. The molecule has 3 aromatic rings. The van der Waals surface area contributed by atoms with Crippen LogP contribution in [0.15, 0.2) is 76.6 Å². The maximum atomic E-state index is 12.4. The molecular weight excluding hydrogens is 438 g/mol. The summed E-state index contributed by atoms with van der Waals surface area (Å²) in [5.41, 5.74) is 4.80. The molecule has 1 N–H and O–H groups in total. The molecule has 0 unspecified atom stereocenters. The normalized spacial score (nSPS) is 15.6. The lowest BCUT2D eigenvalue weighted by atomic mass is 10.1. The van der Waals surface area contributed by atoms with E-state index in [-0.39, 0.29) is 11.6 Å². The van der Waals surface area contributed by atoms with E-state index in [1.54, 1.807) is 12.1 Å². The molecule has 33 heavy (non-hydrogen) atoms. The lowest BCUT2D eigenvalue weighted by molar-refractivity contribution is -0.384. The molecule has 1 aliphatic heterocycles. The molecule has 1 saturated heterocycles. The minimum atomic E-state index is -0.431. The first-order valence-corrected chi connectivity index (χ1v) is 11.0. The highest BCUT2D eigenvalue weighted by Gasteiger charge is 2.23. The van der Waals surface area contributed by atoms with Gasteiger partial charge in [-0.2, -0.15) is 0 Å². The molecule has 1 fully saturated rings. The van der Waals surface area contributed by atoms with E-state index in [2.05, 4.69) is 16.4 Å². The summed E-state index contributed by atoms with van der Waals surface area (Å²) in [5, 5.41) is 14.1. The van der Waals surface area contributed by atoms with Gasteiger partial charge in [-0.15, -0.1) is 0 Å². The lowest BCUT2D eigenvalue weighted by Gasteiger charge is -2.06. The molecule has 1 heterocycles. The molecule has 1 aliphatic rings. The van der Waals surface area contributed by atoms with Crippen LogP contribution in [0.4, 0.5) is 11.4 Å². The number of thioether (sulfide) groups is 1. The minimum Gasteiger partial charge on any atom is -0.489 e. The van der Waals surface area contributed by atoms with Gasteiger partial charge >= 0.3 is 0 Å². The van der Waals surface area contributed by atoms with Crippen LogP contribution in [0, 0.1) is 24.0 Å². The Kier molecular flexibility index (Phi) is 6.55. The molecule has 7 nitrogen and oxygen atoms in total. The zero-order valence-corrected chi connectivity index (χ0v) is 18.9. The third kappa shape index (κ3) is 5.87. The summed E-state index contributed by atoms with van der Waals surface area (Å²) in [5.74, 6) is 0.484. The maximum absolute atomic E-state index is 12.4. The van der Waals surface area contributed by atoms with Gasteiger partial charge in [0.15, 0.2) is 5.17 Å². The molecule has 8 heteroatoms. The maximum Gasteiger partial charge on any atom is 0.269 e. The van der Waals surface area contributed by atoms with Crippen molar-refractivity contribution < 1.29 is 14.5 Å². The van der Waals surface area contributed by atoms with Gasteiger partial charge in [0.05, 0.1) is 15.5 Å². The van der Waals surface area contributed by atoms with Crippen molar-refractivity contribution in [1.82, 2.24) is 5.32 Å². The Morgan fingerprint density at radius 3 is 2.33 bits per heavy atom. The van der Waals surface area contributed by atoms with Crippen molar-refractivity contribution in [3.8, 4) is 5.75 Å². The average Bonchev–Trinajstić information content (AvgIpc) is 3.11. The van der Waals surface area contributed by atoms with Crippen LogP contribution >= 0.6 is 11.8 Å². The van der Waals surface area contributed by atoms with Gasteiger partial charge in [-0.25, -0.2) is 4.99 Å². The number of hydrogen-bond acceptors (Lipinski definition) is 6. The van der Waals surface area contributed by atoms with Crippen molar-refractivity contribution in [3.63, 3.8) is 0 Å². The highest BCUT2D eigenvalue weighted by Crippen LogP contribution is 2.29. The summed E-state index contributed by atoms with van der Waals surface area (Å²) >= 11 is 1.31. The molecule has 0 spiro atoms. The second-order valence-corrected chi connectivity index (χ2v) is 8.64. The van der Waals surface area contributed by atoms with Crippen molar-refractivity contribution in [3.05, 3.63) is 104 Å². The predicted octanol–water partition coefficient (Wildman–Crippen LogP) is 5.68. The Morgan fingerprint density at radius 1 is 1.03 bits per heavy atom. The summed E-state index contributed by atoms with van der Waals surface area (Å²) in [6.07, 6.45) is 1.81. The predicted molar refractivity (Wildman–Crippen MR) is 131 cm³/mol. The van der Waals surface area contributed by atoms with Crippen LogP contribution in [0.3, 0.4) is 0 Å². The summed E-state index contributed by atoms with van der Waals surface area (Å²) in [7, 11) is 0. The molecular formula is C25H21N3O4S. The van der Waals surface area contributed by atoms with E-state index >= 15 is 0 Å². The molecule has 0 aromatic heterocycles. The molecule has 3 aromatic carbocycles. The SMILES string of the molecule is Cc1cc(C)cc(N=C2NC(=O)/C(=C/c3ccc(OCc4ccc([N+](=O)[O-])cc4)cc3)S2)c1. The molecule has 0 atom stereocenters. The largest absolute Gasteiger partial charge is 0.489 e. The molecule has 0 aliphatic carbocycles. The van der Waals surface area contributed by atoms with Crippen molar-refractivity contribution in [2.75, 3.05) is 0 Å². The second-order valence-electron chi connectivity index (χ2n) is 7.61. The number of ether oxygens (including phenoxy) is 1. The fourth-order valence-corrected chi connectivity index (χ4v) is 4.15. The molecule has 0 saturated carbocycles. The van der Waals surface area contributed by atoms with E-state index in [9.17, 15) is 14.9 Å². The van der Waals surface area contributed by atoms with Crippen molar-refractivity contribution in [2.24, 2.45) is 4.99 Å². The van der Waals surface area contributed by atoms with Crippen molar-refractivity contribution >= 4 is 40.3 Å². The molecule has 0 bridgehead atoms. The number of non-ortho nitro benzene ring substituents is 1. The van der Waals surface area contributed by atoms with E-state index in [4.69, 9.17) is 4.74 Å². The topological polar surface area (TPSA) is 93.8 Å². The number of carbonyl (C=O) groups excluding carboxylic acids is 1. The molecule has 0 radical (unpaired) electrons. The Morgan fingerprint density at radius 2 is 1.70 bits per heavy atom. The van der Waals surface area contributed by atoms with Crippen molar-refractivity contribution in [2.45, 2.75) is 20.5 Å². The van der Waals surface area contributed by atoms with Crippen LogP contribution < -0.4 is 10.1 Å². The van der Waals surface area contributed by atoms with Gasteiger partial charge in [-0.1, -0.05) is 18.2 Å². The molecule has 4 rings (SSSR count). The minimum absolute atomic E-state index is 0.0483. The number of hydrogen-bond donors (Lipinski definition) is 1. The Labute approximate surface area is 195 Å². The van der Waals surface area contributed by atoms with E-state index < -0.39 is 4.92 Å². The quantitative estimate of drug-likeness (QED) is 0.291. The zero-order valence-electron chi connectivity index (χ0n) is 18.1. The number of nitrogens with one attached hydrogen (secondary N) is 1. The van der Waals surface area contributed by atoms with Crippen LogP contribution in [0.25, 0.3) is 6.08 Å². The number of carbonyl (C=O) groups is 1. The number of amides is 1. The number of rotatable bonds is 6. The van der Waals surface area contributed by atoms with Crippen LogP contribution in [0.1, 0.15) is 22.3 Å². The van der Waals surface area contributed by atoms with E-state index in [0.29, 0.717) is 22.4 Å². The fraction of sp³-hybridized carbons (Fsp3) is 0.120. The number of benzene rings is 3. The molecule has 1 amide bonds. The Bertz CT molecular complexity index is 1250. The van der Waals surface area contributed by atoms with Gasteiger partial charge in [0.25, 0.3) is 11.6 Å². The number of nitrogens with zero attached hydrogens (tertiary/aromatic N) is 2. The van der Waals surface area contributed by atoms with Gasteiger partial charge in [-0.3, -0.25) is 14.9 Å². The number of nitro benzene ring substituents is 1. The van der Waals surface area contributed by atoms with Gasteiger partial charge in [-0.05, 0) is 90.3 Å². The van der Waals surface area contributed by atoms with Gasteiger partial charge < -0.3 is 10.1 Å². The van der Waals surface area contributed by atoms with Crippen molar-refractivity contribution in [1.29, 1.82) is 0 Å². The van der Waals surface area contributed by atoms with E-state index in [1.165, 1.54) is 23.9 Å². The van der Waals surface area contributed by atoms with Gasteiger partial charge in [0.1, 0.15) is 12.4 Å². The Hall–Kier alpha value is -3.91. The third-order valence-corrected chi connectivity index (χ3v) is 5.73.